The molecule has 0 saturated carbocycles. The zero-order valence-electron chi connectivity index (χ0n) is 9.60. The molecule has 1 aromatic rings. The zero-order chi connectivity index (χ0) is 11.3. The lowest BCUT2D eigenvalue weighted by atomic mass is 10.3. The Balaban J connectivity index is 2.76. The van der Waals surface area contributed by atoms with Crippen LogP contribution in [0.4, 0.5) is 5.82 Å². The van der Waals surface area contributed by atoms with E-state index in [1.165, 1.54) is 0 Å². The molecule has 0 fully saturated rings. The second kappa shape index (κ2) is 5.68. The molecule has 2 N–H and O–H groups in total. The summed E-state index contributed by atoms with van der Waals surface area (Å²) in [5.41, 5.74) is 6.45. The molecular formula is C11H19N3O. The number of nitrogens with two attached hydrogens (primary N) is 1. The number of anilines is 1. The standard InChI is InChI=1S/C11H19N3O/c1-9(8-15-3)14(2)11-6-4-5-10(7-12)13-11/h4-6,9H,7-8,12H2,1-3H3. The maximum Gasteiger partial charge on any atom is 0.128 e. The fourth-order valence-corrected chi connectivity index (χ4v) is 1.36. The van der Waals surface area contributed by atoms with Crippen LogP contribution in [0, 0.1) is 0 Å². The minimum atomic E-state index is 0.301. The van der Waals surface area contributed by atoms with Gasteiger partial charge in [-0.25, -0.2) is 4.98 Å². The van der Waals surface area contributed by atoms with E-state index in [-0.39, 0.29) is 0 Å². The number of likely N-dealkylation sites (N-methyl/N-ethyl adjacent to an activating group) is 1. The number of hydrogen-bond acceptors (Lipinski definition) is 4. The Kier molecular flexibility index (Phi) is 4.52. The summed E-state index contributed by atoms with van der Waals surface area (Å²) in [6.07, 6.45) is 0. The number of rotatable bonds is 5. The van der Waals surface area contributed by atoms with Gasteiger partial charge < -0.3 is 15.4 Å². The molecule has 4 nitrogen and oxygen atoms in total. The van der Waals surface area contributed by atoms with Crippen LogP contribution >= 0.6 is 0 Å². The fraction of sp³-hybridized carbons (Fsp3) is 0.545. The van der Waals surface area contributed by atoms with E-state index in [2.05, 4.69) is 16.8 Å². The maximum atomic E-state index is 5.55. The van der Waals surface area contributed by atoms with Crippen molar-refractivity contribution in [3.63, 3.8) is 0 Å². The zero-order valence-corrected chi connectivity index (χ0v) is 9.60. The molecule has 1 heterocycles. The number of nitrogens with zero attached hydrogens (tertiary/aromatic N) is 2. The highest BCUT2D eigenvalue weighted by molar-refractivity contribution is 5.39. The monoisotopic (exact) mass is 209 g/mol. The van der Waals surface area contributed by atoms with Crippen molar-refractivity contribution >= 4 is 5.82 Å². The molecule has 0 amide bonds. The van der Waals surface area contributed by atoms with Gasteiger partial charge in [0.2, 0.25) is 0 Å². The molecule has 0 aliphatic heterocycles. The number of ether oxygens (including phenoxy) is 1. The Hall–Kier alpha value is -1.13. The molecule has 84 valence electrons. The fourth-order valence-electron chi connectivity index (χ4n) is 1.36. The number of hydrogen-bond donors (Lipinski definition) is 1. The van der Waals surface area contributed by atoms with E-state index in [4.69, 9.17) is 10.5 Å². The van der Waals surface area contributed by atoms with Gasteiger partial charge in [-0.05, 0) is 19.1 Å². The second-order valence-corrected chi connectivity index (χ2v) is 3.61. The molecule has 1 aromatic heterocycles. The molecule has 0 aromatic carbocycles. The highest BCUT2D eigenvalue weighted by atomic mass is 16.5. The van der Waals surface area contributed by atoms with Crippen molar-refractivity contribution in [1.82, 2.24) is 4.98 Å². The highest BCUT2D eigenvalue weighted by Crippen LogP contribution is 2.12. The molecular weight excluding hydrogens is 190 g/mol. The first-order chi connectivity index (χ1) is 7.19. The van der Waals surface area contributed by atoms with Gasteiger partial charge in [0, 0.05) is 20.7 Å². The van der Waals surface area contributed by atoms with Gasteiger partial charge in [0.15, 0.2) is 0 Å². The number of aromatic nitrogens is 1. The van der Waals surface area contributed by atoms with E-state index in [0.29, 0.717) is 19.2 Å². The molecule has 0 aliphatic rings. The molecule has 4 heteroatoms. The van der Waals surface area contributed by atoms with Crippen LogP contribution in [0.2, 0.25) is 0 Å². The van der Waals surface area contributed by atoms with Crippen LogP contribution in [-0.4, -0.2) is 31.8 Å². The minimum Gasteiger partial charge on any atom is -0.383 e. The Morgan fingerprint density at radius 2 is 2.27 bits per heavy atom. The predicted molar refractivity (Wildman–Crippen MR) is 61.9 cm³/mol. The van der Waals surface area contributed by atoms with Crippen molar-refractivity contribution in [1.29, 1.82) is 0 Å². The van der Waals surface area contributed by atoms with Gasteiger partial charge in [-0.3, -0.25) is 0 Å². The highest BCUT2D eigenvalue weighted by Gasteiger charge is 2.10. The van der Waals surface area contributed by atoms with Gasteiger partial charge in [0.1, 0.15) is 5.82 Å². The summed E-state index contributed by atoms with van der Waals surface area (Å²) in [4.78, 5) is 6.53. The summed E-state index contributed by atoms with van der Waals surface area (Å²) in [5.74, 6) is 0.933. The summed E-state index contributed by atoms with van der Waals surface area (Å²) in [6.45, 7) is 3.26. The predicted octanol–water partition coefficient (Wildman–Crippen LogP) is 1.01. The Morgan fingerprint density at radius 3 is 2.87 bits per heavy atom. The molecule has 1 atom stereocenters. The lowest BCUT2D eigenvalue weighted by Gasteiger charge is -2.25. The molecule has 0 bridgehead atoms. The number of methoxy groups -OCH3 is 1. The van der Waals surface area contributed by atoms with Crippen LogP contribution in [0.3, 0.4) is 0 Å². The molecule has 0 aliphatic carbocycles. The topological polar surface area (TPSA) is 51.4 Å². The van der Waals surface area contributed by atoms with Crippen LogP contribution in [0.15, 0.2) is 18.2 Å². The molecule has 1 unspecified atom stereocenters. The molecule has 0 saturated heterocycles. The van der Waals surface area contributed by atoms with Crippen molar-refractivity contribution in [2.75, 3.05) is 25.7 Å². The van der Waals surface area contributed by atoms with Crippen molar-refractivity contribution in [3.05, 3.63) is 23.9 Å². The van der Waals surface area contributed by atoms with Gasteiger partial charge >= 0.3 is 0 Å². The van der Waals surface area contributed by atoms with Crippen LogP contribution in [0.5, 0.6) is 0 Å². The third kappa shape index (κ3) is 3.18. The third-order valence-electron chi connectivity index (χ3n) is 2.43. The first kappa shape index (κ1) is 11.9. The van der Waals surface area contributed by atoms with Crippen LogP contribution in [-0.2, 0) is 11.3 Å². The van der Waals surface area contributed by atoms with Crippen molar-refractivity contribution in [2.24, 2.45) is 5.73 Å². The minimum absolute atomic E-state index is 0.301. The average molecular weight is 209 g/mol. The largest absolute Gasteiger partial charge is 0.383 e. The van der Waals surface area contributed by atoms with Gasteiger partial charge in [-0.2, -0.15) is 0 Å². The quantitative estimate of drug-likeness (QED) is 0.786. The Morgan fingerprint density at radius 1 is 1.53 bits per heavy atom. The summed E-state index contributed by atoms with van der Waals surface area (Å²) in [6, 6.07) is 6.18. The molecule has 15 heavy (non-hydrogen) atoms. The number of pyridine rings is 1. The summed E-state index contributed by atoms with van der Waals surface area (Å²) in [5, 5.41) is 0. The van der Waals surface area contributed by atoms with Crippen molar-refractivity contribution in [3.8, 4) is 0 Å². The lowest BCUT2D eigenvalue weighted by molar-refractivity contribution is 0.183. The SMILES string of the molecule is COCC(C)N(C)c1cccc(CN)n1. The molecule has 0 radical (unpaired) electrons. The van der Waals surface area contributed by atoms with Gasteiger partial charge in [0.25, 0.3) is 0 Å². The normalized spacial score (nSPS) is 12.5. The molecule has 0 spiro atoms. The second-order valence-electron chi connectivity index (χ2n) is 3.61. The van der Waals surface area contributed by atoms with E-state index in [1.807, 2.05) is 25.2 Å². The van der Waals surface area contributed by atoms with Gasteiger partial charge in [0.05, 0.1) is 18.3 Å². The van der Waals surface area contributed by atoms with Crippen molar-refractivity contribution in [2.45, 2.75) is 19.5 Å². The third-order valence-corrected chi connectivity index (χ3v) is 2.43. The van der Waals surface area contributed by atoms with E-state index in [0.717, 1.165) is 11.5 Å². The summed E-state index contributed by atoms with van der Waals surface area (Å²) < 4.78 is 5.11. The van der Waals surface area contributed by atoms with E-state index < -0.39 is 0 Å². The van der Waals surface area contributed by atoms with E-state index in [1.54, 1.807) is 7.11 Å². The maximum absolute atomic E-state index is 5.55. The Bertz CT molecular complexity index is 304. The molecule has 1 rings (SSSR count). The van der Waals surface area contributed by atoms with Crippen LogP contribution < -0.4 is 10.6 Å². The van der Waals surface area contributed by atoms with Gasteiger partial charge in [-0.15, -0.1) is 0 Å². The first-order valence-electron chi connectivity index (χ1n) is 5.06. The first-order valence-corrected chi connectivity index (χ1v) is 5.06. The van der Waals surface area contributed by atoms with E-state index in [9.17, 15) is 0 Å². The average Bonchev–Trinajstić information content (AvgIpc) is 2.28. The summed E-state index contributed by atoms with van der Waals surface area (Å²) >= 11 is 0. The summed E-state index contributed by atoms with van der Waals surface area (Å²) in [7, 11) is 3.71. The Labute approximate surface area is 91.1 Å². The van der Waals surface area contributed by atoms with Crippen LogP contribution in [0.1, 0.15) is 12.6 Å². The van der Waals surface area contributed by atoms with Crippen molar-refractivity contribution < 1.29 is 4.74 Å². The van der Waals surface area contributed by atoms with Crippen LogP contribution in [0.25, 0.3) is 0 Å². The van der Waals surface area contributed by atoms with Gasteiger partial charge in [-0.1, -0.05) is 6.07 Å². The smallest absolute Gasteiger partial charge is 0.128 e. The lowest BCUT2D eigenvalue weighted by Crippen LogP contribution is -2.33. The van der Waals surface area contributed by atoms with E-state index >= 15 is 0 Å².